The summed E-state index contributed by atoms with van der Waals surface area (Å²) in [5, 5.41) is 21.6. The standard InChI is InChI=1S/C24H25NO3/c1-24(2)27-13-20(21(26)14-28-24)25-12-18-9-8-17-7-6-15-4-3-5-16-10-11-19(18)23(17)22(15)16/h3-11,20-21,25-26H,12-14H2,1-2H3/t20-,21-/m1/s1. The number of rotatable bonds is 3. The third-order valence-corrected chi connectivity index (χ3v) is 5.85. The van der Waals surface area contributed by atoms with Crippen molar-refractivity contribution < 1.29 is 14.6 Å². The van der Waals surface area contributed by atoms with Crippen molar-refractivity contribution in [1.82, 2.24) is 5.32 Å². The van der Waals surface area contributed by atoms with Crippen molar-refractivity contribution in [2.45, 2.75) is 38.3 Å². The van der Waals surface area contributed by atoms with Gasteiger partial charge >= 0.3 is 0 Å². The van der Waals surface area contributed by atoms with Gasteiger partial charge in [0.15, 0.2) is 5.79 Å². The Balaban J connectivity index is 1.49. The number of aliphatic hydroxyl groups excluding tert-OH is 1. The van der Waals surface area contributed by atoms with E-state index >= 15 is 0 Å². The Hall–Kier alpha value is -2.24. The van der Waals surface area contributed by atoms with Gasteiger partial charge in [-0.15, -0.1) is 0 Å². The first-order valence-corrected chi connectivity index (χ1v) is 9.87. The van der Waals surface area contributed by atoms with E-state index < -0.39 is 11.9 Å². The van der Waals surface area contributed by atoms with Crippen LogP contribution in [-0.2, 0) is 16.0 Å². The molecule has 5 rings (SSSR count). The molecular formula is C24H25NO3. The maximum atomic E-state index is 10.4. The van der Waals surface area contributed by atoms with Gasteiger partial charge in [-0.1, -0.05) is 54.6 Å². The zero-order chi connectivity index (χ0) is 19.3. The molecule has 1 saturated heterocycles. The first-order valence-electron chi connectivity index (χ1n) is 9.87. The van der Waals surface area contributed by atoms with E-state index in [9.17, 15) is 5.11 Å². The van der Waals surface area contributed by atoms with Gasteiger partial charge in [-0.3, -0.25) is 0 Å². The summed E-state index contributed by atoms with van der Waals surface area (Å²) >= 11 is 0. The zero-order valence-corrected chi connectivity index (χ0v) is 16.2. The summed E-state index contributed by atoms with van der Waals surface area (Å²) in [6.45, 7) is 5.11. The van der Waals surface area contributed by atoms with Gasteiger partial charge in [0.25, 0.3) is 0 Å². The van der Waals surface area contributed by atoms with E-state index in [1.54, 1.807) is 0 Å². The third-order valence-electron chi connectivity index (χ3n) is 5.85. The average Bonchev–Trinajstić information content (AvgIpc) is 2.83. The number of nitrogens with one attached hydrogen (secondary N) is 1. The van der Waals surface area contributed by atoms with E-state index in [0.29, 0.717) is 13.2 Å². The quantitative estimate of drug-likeness (QED) is 0.527. The molecule has 0 radical (unpaired) electrons. The Bertz CT molecular complexity index is 1120. The van der Waals surface area contributed by atoms with Crippen LogP contribution in [0.1, 0.15) is 19.4 Å². The summed E-state index contributed by atoms with van der Waals surface area (Å²) in [7, 11) is 0. The van der Waals surface area contributed by atoms with Crippen molar-refractivity contribution in [3.63, 3.8) is 0 Å². The van der Waals surface area contributed by atoms with Crippen LogP contribution < -0.4 is 5.32 Å². The van der Waals surface area contributed by atoms with Crippen molar-refractivity contribution in [3.05, 3.63) is 60.2 Å². The highest BCUT2D eigenvalue weighted by molar-refractivity contribution is 6.23. The lowest BCUT2D eigenvalue weighted by Gasteiger charge is -2.23. The van der Waals surface area contributed by atoms with Crippen LogP contribution in [0.2, 0.25) is 0 Å². The minimum atomic E-state index is -0.662. The minimum Gasteiger partial charge on any atom is -0.389 e. The number of hydrogen-bond donors (Lipinski definition) is 2. The van der Waals surface area contributed by atoms with Gasteiger partial charge in [-0.05, 0) is 51.7 Å². The van der Waals surface area contributed by atoms with E-state index in [1.165, 1.54) is 37.9 Å². The van der Waals surface area contributed by atoms with Crippen LogP contribution >= 0.6 is 0 Å². The maximum absolute atomic E-state index is 10.4. The highest BCUT2D eigenvalue weighted by Crippen LogP contribution is 2.35. The second-order valence-electron chi connectivity index (χ2n) is 8.16. The molecule has 0 aromatic heterocycles. The zero-order valence-electron chi connectivity index (χ0n) is 16.2. The van der Waals surface area contributed by atoms with Crippen molar-refractivity contribution in [2.24, 2.45) is 0 Å². The summed E-state index contributed by atoms with van der Waals surface area (Å²) in [4.78, 5) is 0. The third kappa shape index (κ3) is 3.03. The molecule has 0 saturated carbocycles. The molecule has 1 heterocycles. The molecular weight excluding hydrogens is 350 g/mol. The number of benzene rings is 4. The minimum absolute atomic E-state index is 0.166. The van der Waals surface area contributed by atoms with Crippen LogP contribution in [0.15, 0.2) is 54.6 Å². The fourth-order valence-electron chi connectivity index (χ4n) is 4.23. The smallest absolute Gasteiger partial charge is 0.162 e. The summed E-state index contributed by atoms with van der Waals surface area (Å²) in [6.07, 6.45) is -0.596. The molecule has 0 bridgehead atoms. The van der Waals surface area contributed by atoms with Gasteiger partial charge in [0.1, 0.15) is 0 Å². The van der Waals surface area contributed by atoms with E-state index in [1.807, 2.05) is 13.8 Å². The van der Waals surface area contributed by atoms with E-state index in [4.69, 9.17) is 9.47 Å². The largest absolute Gasteiger partial charge is 0.389 e. The van der Waals surface area contributed by atoms with E-state index in [-0.39, 0.29) is 12.6 Å². The SMILES string of the molecule is CC1(C)OC[C@@H](O)[C@H](NCc2ccc3ccc4cccc5ccc2c3c45)CO1. The number of aliphatic hydroxyl groups is 1. The maximum Gasteiger partial charge on any atom is 0.162 e. The molecule has 2 N–H and O–H groups in total. The lowest BCUT2D eigenvalue weighted by molar-refractivity contribution is -0.203. The Kier molecular flexibility index (Phi) is 4.25. The Labute approximate surface area is 164 Å². The molecule has 0 unspecified atom stereocenters. The van der Waals surface area contributed by atoms with Crippen LogP contribution in [0.5, 0.6) is 0 Å². The summed E-state index contributed by atoms with van der Waals surface area (Å²) in [5.41, 5.74) is 1.22. The summed E-state index contributed by atoms with van der Waals surface area (Å²) in [6, 6.07) is 19.5. The Morgan fingerprint density at radius 1 is 0.893 bits per heavy atom. The molecule has 28 heavy (non-hydrogen) atoms. The van der Waals surface area contributed by atoms with Crippen LogP contribution in [0.4, 0.5) is 0 Å². The van der Waals surface area contributed by atoms with Gasteiger partial charge < -0.3 is 19.9 Å². The van der Waals surface area contributed by atoms with Gasteiger partial charge in [0, 0.05) is 6.54 Å². The highest BCUT2D eigenvalue weighted by atomic mass is 16.7. The van der Waals surface area contributed by atoms with Gasteiger partial charge in [-0.25, -0.2) is 0 Å². The molecule has 144 valence electrons. The molecule has 1 fully saturated rings. The van der Waals surface area contributed by atoms with Crippen molar-refractivity contribution >= 4 is 32.3 Å². The van der Waals surface area contributed by atoms with Gasteiger partial charge in [0.2, 0.25) is 0 Å². The predicted molar refractivity (Wildman–Crippen MR) is 113 cm³/mol. The van der Waals surface area contributed by atoms with E-state index in [0.717, 1.165) is 0 Å². The fraction of sp³-hybridized carbons (Fsp3) is 0.333. The monoisotopic (exact) mass is 375 g/mol. The molecule has 2 atom stereocenters. The summed E-state index contributed by atoms with van der Waals surface area (Å²) in [5.74, 6) is -0.662. The summed E-state index contributed by atoms with van der Waals surface area (Å²) < 4.78 is 11.4. The Morgan fingerprint density at radius 3 is 2.32 bits per heavy atom. The molecule has 1 aliphatic heterocycles. The van der Waals surface area contributed by atoms with Gasteiger partial charge in [0.05, 0.1) is 25.4 Å². The van der Waals surface area contributed by atoms with Crippen molar-refractivity contribution in [2.75, 3.05) is 13.2 Å². The van der Waals surface area contributed by atoms with Crippen molar-refractivity contribution in [1.29, 1.82) is 0 Å². The molecule has 0 amide bonds. The molecule has 4 heteroatoms. The van der Waals surface area contributed by atoms with Crippen molar-refractivity contribution in [3.8, 4) is 0 Å². The molecule has 0 spiro atoms. The van der Waals surface area contributed by atoms with E-state index in [2.05, 4.69) is 59.9 Å². The molecule has 1 aliphatic rings. The number of hydrogen-bond acceptors (Lipinski definition) is 4. The van der Waals surface area contributed by atoms with Crippen LogP contribution in [-0.4, -0.2) is 36.3 Å². The van der Waals surface area contributed by atoms with Crippen LogP contribution in [0.3, 0.4) is 0 Å². The van der Waals surface area contributed by atoms with Crippen LogP contribution in [0.25, 0.3) is 32.3 Å². The van der Waals surface area contributed by atoms with Crippen LogP contribution in [0, 0.1) is 0 Å². The Morgan fingerprint density at radius 2 is 1.54 bits per heavy atom. The molecule has 4 nitrogen and oxygen atoms in total. The molecule has 0 aliphatic carbocycles. The number of ether oxygens (including phenoxy) is 2. The molecule has 4 aromatic rings. The average molecular weight is 375 g/mol. The second-order valence-corrected chi connectivity index (χ2v) is 8.16. The molecule has 4 aromatic carbocycles. The normalized spacial score (nSPS) is 22.8. The van der Waals surface area contributed by atoms with Gasteiger partial charge in [-0.2, -0.15) is 0 Å². The topological polar surface area (TPSA) is 50.7 Å². The first-order chi connectivity index (χ1) is 13.5. The second kappa shape index (κ2) is 6.68. The first kappa shape index (κ1) is 17.8. The lowest BCUT2D eigenvalue weighted by atomic mass is 9.92. The highest BCUT2D eigenvalue weighted by Gasteiger charge is 2.31. The lowest BCUT2D eigenvalue weighted by Crippen LogP contribution is -2.43. The fourth-order valence-corrected chi connectivity index (χ4v) is 4.23. The predicted octanol–water partition coefficient (Wildman–Crippen LogP) is 4.19.